The van der Waals surface area contributed by atoms with Crippen LogP contribution in [0.5, 0.6) is 0 Å². The molecular weight excluding hydrogens is 168 g/mol. The lowest BCUT2D eigenvalue weighted by atomic mass is 10.7. The highest BCUT2D eigenvalue weighted by Gasteiger charge is 2.25. The van der Waals surface area contributed by atoms with Gasteiger partial charge in [0.2, 0.25) is 6.29 Å². The van der Waals surface area contributed by atoms with E-state index in [9.17, 15) is 4.79 Å². The molecule has 0 aliphatic carbocycles. The number of rotatable bonds is 1. The van der Waals surface area contributed by atoms with E-state index < -0.39 is 12.4 Å². The fourth-order valence-electron chi connectivity index (χ4n) is 0.724. The Balaban J connectivity index is 2.23. The largest absolute Gasteiger partial charge is 0.510 e. The van der Waals surface area contributed by atoms with E-state index in [2.05, 4.69) is 4.74 Å². The van der Waals surface area contributed by atoms with Crippen LogP contribution < -0.4 is 0 Å². The van der Waals surface area contributed by atoms with Crippen molar-refractivity contribution in [3.8, 4) is 0 Å². The first-order chi connectivity index (χ1) is 5.22. The van der Waals surface area contributed by atoms with Gasteiger partial charge in [-0.3, -0.25) is 0 Å². The standard InChI is InChI=1S/C6H10O4S/c1-4-9-5(3-11-4)10-6(7)8-2/h4-5H,3H2,1-2H3. The van der Waals surface area contributed by atoms with Gasteiger partial charge in [0.15, 0.2) is 0 Å². The van der Waals surface area contributed by atoms with Crippen molar-refractivity contribution in [3.05, 3.63) is 0 Å². The van der Waals surface area contributed by atoms with E-state index in [0.29, 0.717) is 5.75 Å². The van der Waals surface area contributed by atoms with Crippen molar-refractivity contribution in [2.45, 2.75) is 18.6 Å². The zero-order valence-corrected chi connectivity index (χ0v) is 7.22. The summed E-state index contributed by atoms with van der Waals surface area (Å²) in [5, 5.41) is 0. The van der Waals surface area contributed by atoms with Gasteiger partial charge in [0.05, 0.1) is 12.9 Å². The molecule has 0 spiro atoms. The van der Waals surface area contributed by atoms with Gasteiger partial charge in [-0.15, -0.1) is 11.8 Å². The fraction of sp³-hybridized carbons (Fsp3) is 0.833. The highest BCUT2D eigenvalue weighted by atomic mass is 32.2. The molecule has 4 nitrogen and oxygen atoms in total. The van der Waals surface area contributed by atoms with Crippen LogP contribution >= 0.6 is 11.8 Å². The Morgan fingerprint density at radius 2 is 2.45 bits per heavy atom. The Bertz CT molecular complexity index is 150. The number of methoxy groups -OCH3 is 1. The summed E-state index contributed by atoms with van der Waals surface area (Å²) in [6, 6.07) is 0. The van der Waals surface area contributed by atoms with E-state index in [1.165, 1.54) is 7.11 Å². The van der Waals surface area contributed by atoms with Crippen molar-refractivity contribution in [3.63, 3.8) is 0 Å². The van der Waals surface area contributed by atoms with Crippen molar-refractivity contribution in [2.24, 2.45) is 0 Å². The number of carbonyl (C=O) groups excluding carboxylic acids is 1. The lowest BCUT2D eigenvalue weighted by Gasteiger charge is -2.09. The van der Waals surface area contributed by atoms with E-state index in [4.69, 9.17) is 9.47 Å². The summed E-state index contributed by atoms with van der Waals surface area (Å²) in [6.45, 7) is 1.91. The predicted octanol–water partition coefficient (Wildman–Crippen LogP) is 1.20. The maximum atomic E-state index is 10.5. The van der Waals surface area contributed by atoms with Gasteiger partial charge in [0.1, 0.15) is 5.44 Å². The van der Waals surface area contributed by atoms with Gasteiger partial charge in [-0.2, -0.15) is 0 Å². The van der Waals surface area contributed by atoms with Crippen molar-refractivity contribution < 1.29 is 19.0 Å². The molecular formula is C6H10O4S. The van der Waals surface area contributed by atoms with Crippen molar-refractivity contribution in [2.75, 3.05) is 12.9 Å². The second-order valence-corrected chi connectivity index (χ2v) is 3.37. The molecule has 0 aromatic carbocycles. The second kappa shape index (κ2) is 3.82. The zero-order chi connectivity index (χ0) is 8.27. The third-order valence-corrected chi connectivity index (χ3v) is 2.25. The molecule has 1 fully saturated rings. The molecule has 1 rings (SSSR count). The van der Waals surface area contributed by atoms with E-state index in [0.717, 1.165) is 0 Å². The van der Waals surface area contributed by atoms with Gasteiger partial charge in [-0.05, 0) is 6.92 Å². The Morgan fingerprint density at radius 3 is 2.91 bits per heavy atom. The van der Waals surface area contributed by atoms with Crippen LogP contribution in [0.1, 0.15) is 6.92 Å². The SMILES string of the molecule is COC(=O)OC1CSC(C)O1. The molecule has 0 radical (unpaired) electrons. The average molecular weight is 178 g/mol. The quantitative estimate of drug-likeness (QED) is 0.564. The van der Waals surface area contributed by atoms with Crippen molar-refractivity contribution >= 4 is 17.9 Å². The summed E-state index contributed by atoms with van der Waals surface area (Å²) in [6.07, 6.45) is -1.13. The van der Waals surface area contributed by atoms with Gasteiger partial charge in [0.25, 0.3) is 0 Å². The minimum Gasteiger partial charge on any atom is -0.438 e. The lowest BCUT2D eigenvalue weighted by molar-refractivity contribution is -0.0994. The van der Waals surface area contributed by atoms with Gasteiger partial charge in [-0.25, -0.2) is 4.79 Å². The number of ether oxygens (including phenoxy) is 3. The molecule has 0 N–H and O–H groups in total. The number of hydrogen-bond acceptors (Lipinski definition) is 5. The first kappa shape index (κ1) is 8.67. The highest BCUT2D eigenvalue weighted by molar-refractivity contribution is 7.99. The van der Waals surface area contributed by atoms with Gasteiger partial charge in [0, 0.05) is 0 Å². The fourth-order valence-corrected chi connectivity index (χ4v) is 1.50. The average Bonchev–Trinajstić information content (AvgIpc) is 2.35. The maximum absolute atomic E-state index is 10.5. The molecule has 1 aliphatic rings. The summed E-state index contributed by atoms with van der Waals surface area (Å²) in [5.41, 5.74) is 0.102. The monoisotopic (exact) mass is 178 g/mol. The third-order valence-electron chi connectivity index (χ3n) is 1.20. The molecule has 0 bridgehead atoms. The predicted molar refractivity (Wildman–Crippen MR) is 40.3 cm³/mol. The minimum atomic E-state index is -0.690. The zero-order valence-electron chi connectivity index (χ0n) is 6.40. The van der Waals surface area contributed by atoms with Crippen LogP contribution in [-0.2, 0) is 14.2 Å². The normalized spacial score (nSPS) is 30.0. The summed E-state index contributed by atoms with van der Waals surface area (Å²) in [5.74, 6) is 0.677. The maximum Gasteiger partial charge on any atom is 0.510 e. The van der Waals surface area contributed by atoms with Gasteiger partial charge >= 0.3 is 6.16 Å². The van der Waals surface area contributed by atoms with Crippen molar-refractivity contribution in [1.29, 1.82) is 0 Å². The topological polar surface area (TPSA) is 44.8 Å². The molecule has 1 saturated heterocycles. The van der Waals surface area contributed by atoms with E-state index in [-0.39, 0.29) is 5.44 Å². The first-order valence-corrected chi connectivity index (χ1v) is 4.29. The van der Waals surface area contributed by atoms with Crippen molar-refractivity contribution in [1.82, 2.24) is 0 Å². The third kappa shape index (κ3) is 2.59. The summed E-state index contributed by atoms with van der Waals surface area (Å²) >= 11 is 1.60. The Hall–Kier alpha value is -0.420. The second-order valence-electron chi connectivity index (χ2n) is 2.04. The van der Waals surface area contributed by atoms with Gasteiger partial charge < -0.3 is 14.2 Å². The number of hydrogen-bond donors (Lipinski definition) is 0. The molecule has 2 atom stereocenters. The lowest BCUT2D eigenvalue weighted by Crippen LogP contribution is -2.19. The Labute approximate surface area is 69.2 Å². The smallest absolute Gasteiger partial charge is 0.438 e. The van der Waals surface area contributed by atoms with Crippen LogP contribution in [-0.4, -0.2) is 30.7 Å². The van der Waals surface area contributed by atoms with Crippen LogP contribution in [0.15, 0.2) is 0 Å². The molecule has 0 amide bonds. The van der Waals surface area contributed by atoms with Crippen LogP contribution in [0, 0.1) is 0 Å². The molecule has 5 heteroatoms. The molecule has 0 aromatic rings. The van der Waals surface area contributed by atoms with Crippen LogP contribution in [0.3, 0.4) is 0 Å². The van der Waals surface area contributed by atoms with E-state index >= 15 is 0 Å². The molecule has 0 aromatic heterocycles. The van der Waals surface area contributed by atoms with Gasteiger partial charge in [-0.1, -0.05) is 0 Å². The molecule has 1 heterocycles. The summed E-state index contributed by atoms with van der Waals surface area (Å²) in [4.78, 5) is 10.5. The number of thioether (sulfide) groups is 1. The Kier molecular flexibility index (Phi) is 3.02. The highest BCUT2D eigenvalue weighted by Crippen LogP contribution is 2.24. The molecule has 64 valence electrons. The van der Waals surface area contributed by atoms with E-state index in [1.807, 2.05) is 6.92 Å². The van der Waals surface area contributed by atoms with E-state index in [1.54, 1.807) is 11.8 Å². The van der Waals surface area contributed by atoms with Crippen LogP contribution in [0.2, 0.25) is 0 Å². The minimum absolute atomic E-state index is 0.102. The Morgan fingerprint density at radius 1 is 1.73 bits per heavy atom. The number of carbonyl (C=O) groups is 1. The molecule has 0 saturated carbocycles. The van der Waals surface area contributed by atoms with Crippen LogP contribution in [0.25, 0.3) is 0 Å². The van der Waals surface area contributed by atoms with Crippen LogP contribution in [0.4, 0.5) is 4.79 Å². The first-order valence-electron chi connectivity index (χ1n) is 3.24. The summed E-state index contributed by atoms with van der Waals surface area (Å²) < 4.78 is 14.2. The molecule has 1 aliphatic heterocycles. The molecule has 2 unspecified atom stereocenters. The molecule has 11 heavy (non-hydrogen) atoms. The summed E-state index contributed by atoms with van der Waals surface area (Å²) in [7, 11) is 1.27.